The lowest BCUT2D eigenvalue weighted by Gasteiger charge is -2.07. The van der Waals surface area contributed by atoms with Crippen LogP contribution in [0.5, 0.6) is 5.75 Å². The summed E-state index contributed by atoms with van der Waals surface area (Å²) in [6.07, 6.45) is 0. The second-order valence-corrected chi connectivity index (χ2v) is 2.72. The summed E-state index contributed by atoms with van der Waals surface area (Å²) in [5.74, 6) is 0.852. The van der Waals surface area contributed by atoms with Crippen molar-refractivity contribution in [2.24, 2.45) is 5.73 Å². The van der Waals surface area contributed by atoms with Crippen molar-refractivity contribution in [3.63, 3.8) is 0 Å². The lowest BCUT2D eigenvalue weighted by molar-refractivity contribution is -0.115. The summed E-state index contributed by atoms with van der Waals surface area (Å²) in [5.41, 5.74) is 5.94. The Kier molecular flexibility index (Phi) is 2.90. The fourth-order valence-electron chi connectivity index (χ4n) is 0.999. The summed E-state index contributed by atoms with van der Waals surface area (Å²) in [6.45, 7) is 1.69. The van der Waals surface area contributed by atoms with E-state index in [4.69, 9.17) is 10.5 Å². The first-order valence-corrected chi connectivity index (χ1v) is 3.93. The number of benzene rings is 1. The molecule has 1 radical (unpaired) electrons. The number of methoxy groups -OCH3 is 1. The Hall–Kier alpha value is -1.51. The molecule has 1 amide bonds. The molecule has 3 nitrogen and oxygen atoms in total. The van der Waals surface area contributed by atoms with Gasteiger partial charge in [0, 0.05) is 0 Å². The van der Waals surface area contributed by atoms with Crippen LogP contribution in [0.25, 0.3) is 0 Å². The minimum absolute atomic E-state index is 0.409. The highest BCUT2D eigenvalue weighted by Gasteiger charge is 2.12. The van der Waals surface area contributed by atoms with E-state index in [1.165, 1.54) is 0 Å². The quantitative estimate of drug-likeness (QED) is 0.754. The normalized spacial score (nSPS) is 10.1. The number of hydrogen-bond acceptors (Lipinski definition) is 2. The van der Waals surface area contributed by atoms with Crippen LogP contribution in [0.4, 0.5) is 0 Å². The molecule has 0 aliphatic heterocycles. The number of primary amides is 1. The predicted octanol–water partition coefficient (Wildman–Crippen LogP) is 1.12. The van der Waals surface area contributed by atoms with E-state index in [-0.39, 0.29) is 0 Å². The van der Waals surface area contributed by atoms with Crippen LogP contribution in [-0.4, -0.2) is 13.0 Å². The molecule has 1 rings (SSSR count). The summed E-state index contributed by atoms with van der Waals surface area (Å²) in [7, 11) is 1.58. The van der Waals surface area contributed by atoms with Crippen molar-refractivity contribution in [3.8, 4) is 5.75 Å². The van der Waals surface area contributed by atoms with Gasteiger partial charge in [-0.15, -0.1) is 0 Å². The van der Waals surface area contributed by atoms with Crippen molar-refractivity contribution in [3.05, 3.63) is 35.7 Å². The first-order valence-electron chi connectivity index (χ1n) is 3.93. The molecule has 3 heteroatoms. The van der Waals surface area contributed by atoms with Crippen LogP contribution in [0.1, 0.15) is 12.5 Å². The minimum atomic E-state index is -0.409. The molecule has 1 aromatic carbocycles. The molecule has 0 saturated heterocycles. The van der Waals surface area contributed by atoms with E-state index in [0.29, 0.717) is 5.92 Å². The largest absolute Gasteiger partial charge is 0.497 e. The Morgan fingerprint density at radius 2 is 2.15 bits per heavy atom. The van der Waals surface area contributed by atoms with Crippen molar-refractivity contribution in [2.75, 3.05) is 7.11 Å². The van der Waals surface area contributed by atoms with Gasteiger partial charge in [-0.25, -0.2) is 0 Å². The van der Waals surface area contributed by atoms with Crippen LogP contribution < -0.4 is 10.5 Å². The standard InChI is InChI=1S/C10H12NO2/c1-7(10(11)12)8-4-3-5-9(6-8)13-2/h3-6H,1-2H3,(H2,11,12). The van der Waals surface area contributed by atoms with Gasteiger partial charge in [-0.2, -0.15) is 0 Å². The highest BCUT2D eigenvalue weighted by Crippen LogP contribution is 2.19. The average molecular weight is 178 g/mol. The third-order valence-corrected chi connectivity index (χ3v) is 1.87. The van der Waals surface area contributed by atoms with Crippen molar-refractivity contribution in [2.45, 2.75) is 6.92 Å². The van der Waals surface area contributed by atoms with Gasteiger partial charge in [0.15, 0.2) is 0 Å². The highest BCUT2D eigenvalue weighted by molar-refractivity contribution is 5.92. The molecule has 0 spiro atoms. The fraction of sp³-hybridized carbons (Fsp3) is 0.200. The van der Waals surface area contributed by atoms with E-state index in [2.05, 4.69) is 0 Å². The van der Waals surface area contributed by atoms with Gasteiger partial charge < -0.3 is 10.5 Å². The monoisotopic (exact) mass is 178 g/mol. The molecule has 0 atom stereocenters. The molecule has 0 aromatic heterocycles. The Labute approximate surface area is 77.5 Å². The number of nitrogens with two attached hydrogens (primary N) is 1. The fourth-order valence-corrected chi connectivity index (χ4v) is 0.999. The maximum absolute atomic E-state index is 10.8. The molecule has 0 bridgehead atoms. The van der Waals surface area contributed by atoms with Gasteiger partial charge in [0.2, 0.25) is 5.91 Å². The Morgan fingerprint density at radius 1 is 1.46 bits per heavy atom. The molecule has 0 heterocycles. The predicted molar refractivity (Wildman–Crippen MR) is 50.2 cm³/mol. The van der Waals surface area contributed by atoms with Gasteiger partial charge in [0.25, 0.3) is 0 Å². The van der Waals surface area contributed by atoms with Gasteiger partial charge in [0.1, 0.15) is 5.75 Å². The SMILES string of the molecule is COc1cccc([C](C)C(N)=O)c1. The molecule has 0 aliphatic carbocycles. The number of ether oxygens (including phenoxy) is 1. The number of hydrogen-bond donors (Lipinski definition) is 1. The third kappa shape index (κ3) is 2.21. The van der Waals surface area contributed by atoms with Crippen LogP contribution in [0.15, 0.2) is 24.3 Å². The van der Waals surface area contributed by atoms with Crippen molar-refractivity contribution >= 4 is 5.91 Å². The molecule has 13 heavy (non-hydrogen) atoms. The second kappa shape index (κ2) is 3.94. The summed E-state index contributed by atoms with van der Waals surface area (Å²) < 4.78 is 5.02. The number of rotatable bonds is 3. The second-order valence-electron chi connectivity index (χ2n) is 2.72. The van der Waals surface area contributed by atoms with Gasteiger partial charge >= 0.3 is 0 Å². The summed E-state index contributed by atoms with van der Waals surface area (Å²) in [6, 6.07) is 7.24. The smallest absolute Gasteiger partial charge is 0.229 e. The molecular weight excluding hydrogens is 166 g/mol. The van der Waals surface area contributed by atoms with E-state index in [1.54, 1.807) is 20.1 Å². The Morgan fingerprint density at radius 3 is 2.69 bits per heavy atom. The summed E-state index contributed by atoms with van der Waals surface area (Å²) in [4.78, 5) is 10.8. The lowest BCUT2D eigenvalue weighted by Crippen LogP contribution is -2.19. The number of carbonyl (C=O) groups excluding carboxylic acids is 1. The first kappa shape index (κ1) is 9.58. The molecule has 0 saturated carbocycles. The Bertz CT molecular complexity index is 310. The summed E-state index contributed by atoms with van der Waals surface area (Å²) in [5, 5.41) is 0. The van der Waals surface area contributed by atoms with Gasteiger partial charge in [-0.3, -0.25) is 4.79 Å². The lowest BCUT2D eigenvalue weighted by atomic mass is 10.0. The summed E-state index contributed by atoms with van der Waals surface area (Å²) >= 11 is 0. The van der Waals surface area contributed by atoms with Gasteiger partial charge in [-0.05, 0) is 24.6 Å². The van der Waals surface area contributed by atoms with Gasteiger partial charge in [-0.1, -0.05) is 12.1 Å². The van der Waals surface area contributed by atoms with Crippen molar-refractivity contribution in [1.82, 2.24) is 0 Å². The zero-order valence-electron chi connectivity index (χ0n) is 7.70. The molecule has 0 fully saturated rings. The molecular formula is C10H12NO2. The number of carbonyl (C=O) groups is 1. The third-order valence-electron chi connectivity index (χ3n) is 1.87. The molecule has 69 valence electrons. The topological polar surface area (TPSA) is 52.3 Å². The highest BCUT2D eigenvalue weighted by atomic mass is 16.5. The molecule has 0 unspecified atom stereocenters. The van der Waals surface area contributed by atoms with Crippen LogP contribution in [-0.2, 0) is 4.79 Å². The molecule has 0 aliphatic rings. The molecule has 2 N–H and O–H groups in total. The van der Waals surface area contributed by atoms with E-state index in [1.807, 2.05) is 18.2 Å². The van der Waals surface area contributed by atoms with Crippen molar-refractivity contribution in [1.29, 1.82) is 0 Å². The maximum Gasteiger partial charge on any atom is 0.229 e. The van der Waals surface area contributed by atoms with E-state index in [0.717, 1.165) is 11.3 Å². The minimum Gasteiger partial charge on any atom is -0.497 e. The first-order chi connectivity index (χ1) is 6.15. The Balaban J connectivity index is 2.94. The van der Waals surface area contributed by atoms with Crippen LogP contribution in [0.2, 0.25) is 0 Å². The van der Waals surface area contributed by atoms with Crippen molar-refractivity contribution < 1.29 is 9.53 Å². The van der Waals surface area contributed by atoms with Crippen LogP contribution in [0.3, 0.4) is 0 Å². The van der Waals surface area contributed by atoms with Crippen LogP contribution in [0, 0.1) is 5.92 Å². The zero-order chi connectivity index (χ0) is 9.84. The van der Waals surface area contributed by atoms with Gasteiger partial charge in [0.05, 0.1) is 13.0 Å². The van der Waals surface area contributed by atoms with E-state index < -0.39 is 5.91 Å². The zero-order valence-corrected chi connectivity index (χ0v) is 7.70. The number of amides is 1. The average Bonchev–Trinajstić information content (AvgIpc) is 2.16. The van der Waals surface area contributed by atoms with E-state index in [9.17, 15) is 4.79 Å². The molecule has 1 aromatic rings. The maximum atomic E-state index is 10.8. The van der Waals surface area contributed by atoms with Crippen LogP contribution >= 0.6 is 0 Å². The van der Waals surface area contributed by atoms with E-state index >= 15 is 0 Å².